The summed E-state index contributed by atoms with van der Waals surface area (Å²) in [4.78, 5) is 52.5. The van der Waals surface area contributed by atoms with Gasteiger partial charge < -0.3 is 19.4 Å². The average molecular weight is 401 g/mol. The minimum Gasteiger partial charge on any atom is -0.482 e. The summed E-state index contributed by atoms with van der Waals surface area (Å²) >= 11 is 0. The van der Waals surface area contributed by atoms with Crippen LogP contribution in [-0.4, -0.2) is 44.3 Å². The third-order valence-electron chi connectivity index (χ3n) is 4.23. The number of aryl methyl sites for hydroxylation is 2. The Morgan fingerprint density at radius 1 is 1.14 bits per heavy atom. The summed E-state index contributed by atoms with van der Waals surface area (Å²) in [7, 11) is 4.38. The lowest BCUT2D eigenvalue weighted by Crippen LogP contribution is -2.42. The van der Waals surface area contributed by atoms with Crippen molar-refractivity contribution in [3.8, 4) is 5.75 Å². The Kier molecular flexibility index (Phi) is 5.48. The quantitative estimate of drug-likeness (QED) is 0.558. The van der Waals surface area contributed by atoms with Crippen molar-refractivity contribution >= 4 is 28.7 Å². The second kappa shape index (κ2) is 8.00. The van der Waals surface area contributed by atoms with Crippen molar-refractivity contribution in [3.63, 3.8) is 0 Å². The van der Waals surface area contributed by atoms with Gasteiger partial charge in [0.1, 0.15) is 12.3 Å². The molecule has 3 rings (SSSR count). The molecule has 1 N–H and O–H groups in total. The molecule has 0 spiro atoms. The second-order valence-electron chi connectivity index (χ2n) is 6.20. The van der Waals surface area contributed by atoms with Crippen LogP contribution in [0, 0.1) is 0 Å². The third-order valence-corrected chi connectivity index (χ3v) is 4.23. The maximum absolute atomic E-state index is 12.6. The van der Waals surface area contributed by atoms with Crippen LogP contribution >= 0.6 is 0 Å². The Morgan fingerprint density at radius 3 is 2.48 bits per heavy atom. The van der Waals surface area contributed by atoms with Gasteiger partial charge in [-0.2, -0.15) is 0 Å². The first-order valence-electron chi connectivity index (χ1n) is 8.52. The van der Waals surface area contributed by atoms with Gasteiger partial charge in [0.25, 0.3) is 5.56 Å². The first kappa shape index (κ1) is 19.9. The highest BCUT2D eigenvalue weighted by molar-refractivity contribution is 5.90. The van der Waals surface area contributed by atoms with Crippen molar-refractivity contribution in [2.45, 2.75) is 6.54 Å². The number of anilines is 1. The van der Waals surface area contributed by atoms with Gasteiger partial charge in [0.2, 0.25) is 5.91 Å². The number of aromatic nitrogens is 4. The number of hydrogen-bond acceptors (Lipinski definition) is 7. The summed E-state index contributed by atoms with van der Waals surface area (Å²) < 4.78 is 13.3. The van der Waals surface area contributed by atoms with E-state index in [1.54, 1.807) is 31.3 Å². The fourth-order valence-corrected chi connectivity index (χ4v) is 2.72. The highest BCUT2D eigenvalue weighted by Crippen LogP contribution is 2.15. The monoisotopic (exact) mass is 401 g/mol. The molecule has 0 radical (unpaired) electrons. The number of methoxy groups -OCH3 is 1. The van der Waals surface area contributed by atoms with Gasteiger partial charge in [-0.15, -0.1) is 0 Å². The lowest BCUT2D eigenvalue weighted by Gasteiger charge is -2.10. The molecule has 0 atom stereocenters. The first-order valence-corrected chi connectivity index (χ1v) is 8.52. The summed E-state index contributed by atoms with van der Waals surface area (Å²) in [5.41, 5.74) is -0.312. The van der Waals surface area contributed by atoms with E-state index >= 15 is 0 Å². The minimum absolute atomic E-state index is 0.229. The standard InChI is InChI=1S/C18H19N5O6/c1-21-10-19-16-15(21)17(26)23(18(27)22(16)2)8-13(24)20-11-4-6-12(7-5-11)29-9-14(25)28-3/h4-7,10H,8-9H2,1-3H3,(H,20,24). The van der Waals surface area contributed by atoms with Gasteiger partial charge in [-0.05, 0) is 24.3 Å². The number of rotatable bonds is 6. The van der Waals surface area contributed by atoms with Gasteiger partial charge in [-0.3, -0.25) is 14.2 Å². The summed E-state index contributed by atoms with van der Waals surface area (Å²) in [6, 6.07) is 6.25. The Morgan fingerprint density at radius 2 is 1.83 bits per heavy atom. The fourth-order valence-electron chi connectivity index (χ4n) is 2.72. The Balaban J connectivity index is 1.75. The van der Waals surface area contributed by atoms with E-state index in [9.17, 15) is 19.2 Å². The SMILES string of the molecule is COC(=O)COc1ccc(NC(=O)Cn2c(=O)c3c(ncn3C)n(C)c2=O)cc1. The molecule has 2 heterocycles. The first-order chi connectivity index (χ1) is 13.8. The zero-order valence-corrected chi connectivity index (χ0v) is 16.0. The lowest BCUT2D eigenvalue weighted by molar-refractivity contribution is -0.142. The summed E-state index contributed by atoms with van der Waals surface area (Å²) in [5.74, 6) is -0.645. The van der Waals surface area contributed by atoms with Crippen molar-refractivity contribution in [2.24, 2.45) is 14.1 Å². The van der Waals surface area contributed by atoms with Crippen LogP contribution in [0.5, 0.6) is 5.75 Å². The largest absolute Gasteiger partial charge is 0.482 e. The number of carbonyl (C=O) groups is 2. The molecule has 0 bridgehead atoms. The van der Waals surface area contributed by atoms with Crippen molar-refractivity contribution < 1.29 is 19.1 Å². The Hall–Kier alpha value is -3.89. The van der Waals surface area contributed by atoms with E-state index in [1.165, 1.54) is 29.6 Å². The smallest absolute Gasteiger partial charge is 0.343 e. The number of amides is 1. The Labute approximate surface area is 164 Å². The second-order valence-corrected chi connectivity index (χ2v) is 6.20. The molecular weight excluding hydrogens is 382 g/mol. The van der Waals surface area contributed by atoms with E-state index in [-0.39, 0.29) is 17.8 Å². The molecule has 0 fully saturated rings. The molecule has 0 aliphatic carbocycles. The highest BCUT2D eigenvalue weighted by atomic mass is 16.6. The zero-order chi connectivity index (χ0) is 21.1. The molecule has 0 saturated heterocycles. The molecule has 0 unspecified atom stereocenters. The topological polar surface area (TPSA) is 126 Å². The number of ether oxygens (including phenoxy) is 2. The predicted octanol–water partition coefficient (Wildman–Crippen LogP) is -0.376. The van der Waals surface area contributed by atoms with Crippen molar-refractivity contribution in [1.82, 2.24) is 18.7 Å². The van der Waals surface area contributed by atoms with Crippen LogP contribution in [0.3, 0.4) is 0 Å². The average Bonchev–Trinajstić information content (AvgIpc) is 3.10. The molecule has 152 valence electrons. The van der Waals surface area contributed by atoms with E-state index in [4.69, 9.17) is 4.74 Å². The van der Waals surface area contributed by atoms with E-state index < -0.39 is 29.7 Å². The molecule has 2 aromatic heterocycles. The van der Waals surface area contributed by atoms with Crippen LogP contribution in [0.1, 0.15) is 0 Å². The molecule has 0 aliphatic rings. The third kappa shape index (κ3) is 4.03. The van der Waals surface area contributed by atoms with Gasteiger partial charge >= 0.3 is 11.7 Å². The van der Waals surface area contributed by atoms with E-state index in [0.717, 1.165) is 4.57 Å². The number of imidazole rings is 1. The molecular formula is C18H19N5O6. The molecule has 29 heavy (non-hydrogen) atoms. The number of esters is 1. The van der Waals surface area contributed by atoms with Crippen LogP contribution < -0.4 is 21.3 Å². The van der Waals surface area contributed by atoms with Gasteiger partial charge in [-0.25, -0.2) is 19.1 Å². The summed E-state index contributed by atoms with van der Waals surface area (Å²) in [6.45, 7) is -0.682. The molecule has 0 aliphatic heterocycles. The van der Waals surface area contributed by atoms with E-state index in [2.05, 4.69) is 15.0 Å². The maximum Gasteiger partial charge on any atom is 0.343 e. The number of nitrogens with one attached hydrogen (secondary N) is 1. The fraction of sp³-hybridized carbons (Fsp3) is 0.278. The Bertz CT molecular complexity index is 1190. The molecule has 1 amide bonds. The van der Waals surface area contributed by atoms with Gasteiger partial charge in [0, 0.05) is 19.8 Å². The highest BCUT2D eigenvalue weighted by Gasteiger charge is 2.17. The van der Waals surface area contributed by atoms with E-state index in [1.807, 2.05) is 0 Å². The maximum atomic E-state index is 12.6. The summed E-state index contributed by atoms with van der Waals surface area (Å²) in [5, 5.41) is 2.61. The number of hydrogen-bond donors (Lipinski definition) is 1. The van der Waals surface area contributed by atoms with Crippen LogP contribution in [0.25, 0.3) is 11.2 Å². The number of benzene rings is 1. The van der Waals surface area contributed by atoms with Crippen LogP contribution in [-0.2, 0) is 35.0 Å². The lowest BCUT2D eigenvalue weighted by atomic mass is 10.3. The van der Waals surface area contributed by atoms with Crippen LogP contribution in [0.2, 0.25) is 0 Å². The van der Waals surface area contributed by atoms with Crippen molar-refractivity contribution in [3.05, 3.63) is 51.4 Å². The number of carbonyl (C=O) groups excluding carboxylic acids is 2. The van der Waals surface area contributed by atoms with Crippen LogP contribution in [0.15, 0.2) is 40.2 Å². The molecule has 11 nitrogen and oxygen atoms in total. The minimum atomic E-state index is -0.636. The number of nitrogens with zero attached hydrogens (tertiary/aromatic N) is 4. The van der Waals surface area contributed by atoms with E-state index in [0.29, 0.717) is 11.4 Å². The molecule has 1 aromatic carbocycles. The molecule has 11 heteroatoms. The van der Waals surface area contributed by atoms with Gasteiger partial charge in [0.15, 0.2) is 17.8 Å². The number of fused-ring (bicyclic) bond motifs is 1. The molecule has 3 aromatic rings. The van der Waals surface area contributed by atoms with Crippen LogP contribution in [0.4, 0.5) is 5.69 Å². The van der Waals surface area contributed by atoms with Gasteiger partial charge in [-0.1, -0.05) is 0 Å². The predicted molar refractivity (Wildman–Crippen MR) is 103 cm³/mol. The zero-order valence-electron chi connectivity index (χ0n) is 16.0. The van der Waals surface area contributed by atoms with Crippen molar-refractivity contribution in [1.29, 1.82) is 0 Å². The van der Waals surface area contributed by atoms with Gasteiger partial charge in [0.05, 0.1) is 13.4 Å². The summed E-state index contributed by atoms with van der Waals surface area (Å²) in [6.07, 6.45) is 1.43. The molecule has 0 saturated carbocycles. The normalized spacial score (nSPS) is 10.7. The van der Waals surface area contributed by atoms with Crippen molar-refractivity contribution in [2.75, 3.05) is 19.0 Å².